The summed E-state index contributed by atoms with van der Waals surface area (Å²) in [6.07, 6.45) is -25.3. The SMILES string of the molecule is OCC1OC(OC2(CO)OC(CO)C(O)C2O)C(O)C(O)C1O.OC[C@H]1O[C@@](CO)(O[C@H]2O[C@H](CO)[C@@H](O)[C@H](O)[C@H]2O)[C@@H](O)[C@@H]1O. The van der Waals surface area contributed by atoms with E-state index in [4.69, 9.17) is 48.8 Å². The first-order chi connectivity index (χ1) is 21.6. The molecule has 0 amide bonds. The van der Waals surface area contributed by atoms with E-state index < -0.39 is 149 Å². The molecule has 4 saturated heterocycles. The zero-order valence-electron chi connectivity index (χ0n) is 24.1. The molecule has 16 N–H and O–H groups in total. The third kappa shape index (κ3) is 7.48. The molecule has 22 heteroatoms. The first kappa shape index (κ1) is 39.6. The highest BCUT2D eigenvalue weighted by molar-refractivity contribution is 5.00. The summed E-state index contributed by atoms with van der Waals surface area (Å²) in [5.41, 5.74) is 0. The van der Waals surface area contributed by atoms with Gasteiger partial charge in [-0.2, -0.15) is 0 Å². The molecule has 0 bridgehead atoms. The van der Waals surface area contributed by atoms with Crippen LogP contribution in [0.3, 0.4) is 0 Å². The van der Waals surface area contributed by atoms with Crippen LogP contribution in [0, 0.1) is 0 Å². The number of hydrogen-bond donors (Lipinski definition) is 16. The third-order valence-corrected chi connectivity index (χ3v) is 8.14. The van der Waals surface area contributed by atoms with E-state index in [1.165, 1.54) is 0 Å². The maximum atomic E-state index is 10.00. The van der Waals surface area contributed by atoms with Crippen LogP contribution in [-0.2, 0) is 28.4 Å². The molecule has 0 aromatic heterocycles. The minimum Gasteiger partial charge on any atom is -0.394 e. The van der Waals surface area contributed by atoms with Gasteiger partial charge in [0.2, 0.25) is 11.6 Å². The van der Waals surface area contributed by atoms with Crippen molar-refractivity contribution in [1.82, 2.24) is 0 Å². The van der Waals surface area contributed by atoms with Crippen molar-refractivity contribution in [2.45, 2.75) is 110 Å². The molecule has 4 rings (SSSR count). The topological polar surface area (TPSA) is 379 Å². The first-order valence-corrected chi connectivity index (χ1v) is 14.1. The lowest BCUT2D eigenvalue weighted by atomic mass is 9.99. The van der Waals surface area contributed by atoms with Gasteiger partial charge in [0.05, 0.1) is 26.4 Å². The van der Waals surface area contributed by atoms with Gasteiger partial charge in [-0.3, -0.25) is 0 Å². The monoisotopic (exact) mass is 684 g/mol. The van der Waals surface area contributed by atoms with Gasteiger partial charge < -0.3 is 110 Å². The summed E-state index contributed by atoms with van der Waals surface area (Å²) in [7, 11) is 0. The standard InChI is InChI=1S/2C12H22O11/c2*13-1-4-6(16)8(18)9(19)11(21-4)23-12(3-15)10(20)7(17)5(2-14)22-12/h2*4-11,13-20H,1-3H2/t4-,5-,6-,7-,8+,9-,10+,11-,12+;/m1./s1. The summed E-state index contributed by atoms with van der Waals surface area (Å²) in [4.78, 5) is 0. The summed E-state index contributed by atoms with van der Waals surface area (Å²) < 4.78 is 30.9. The molecule has 18 atom stereocenters. The van der Waals surface area contributed by atoms with Crippen molar-refractivity contribution < 1.29 is 110 Å². The Hall–Kier alpha value is -0.880. The van der Waals surface area contributed by atoms with Gasteiger partial charge in [0.15, 0.2) is 12.6 Å². The normalized spacial score (nSPS) is 51.1. The highest BCUT2D eigenvalue weighted by atomic mass is 16.8. The van der Waals surface area contributed by atoms with Crippen molar-refractivity contribution in [2.24, 2.45) is 0 Å². The number of rotatable bonds is 10. The van der Waals surface area contributed by atoms with Gasteiger partial charge in [0, 0.05) is 0 Å². The average Bonchev–Trinajstić information content (AvgIpc) is 3.45. The minimum atomic E-state index is -2.22. The van der Waals surface area contributed by atoms with Gasteiger partial charge in [0.1, 0.15) is 98.7 Å². The number of ether oxygens (including phenoxy) is 6. The van der Waals surface area contributed by atoms with Crippen LogP contribution in [0.5, 0.6) is 0 Å². The van der Waals surface area contributed by atoms with Crippen LogP contribution in [0.1, 0.15) is 0 Å². The molecule has 0 aromatic rings. The Bertz CT molecular complexity index is 858. The van der Waals surface area contributed by atoms with Crippen LogP contribution in [0.15, 0.2) is 0 Å². The van der Waals surface area contributed by atoms with Crippen molar-refractivity contribution in [3.63, 3.8) is 0 Å². The van der Waals surface area contributed by atoms with Crippen molar-refractivity contribution >= 4 is 0 Å². The number of hydrogen-bond acceptors (Lipinski definition) is 22. The van der Waals surface area contributed by atoms with Gasteiger partial charge in [-0.25, -0.2) is 0 Å². The summed E-state index contributed by atoms with van der Waals surface area (Å²) in [5, 5.41) is 153. The Labute approximate surface area is 260 Å². The van der Waals surface area contributed by atoms with E-state index in [9.17, 15) is 61.3 Å². The highest BCUT2D eigenvalue weighted by Gasteiger charge is 2.59. The Morgan fingerprint density at radius 1 is 0.391 bits per heavy atom. The summed E-state index contributed by atoms with van der Waals surface area (Å²) in [5.74, 6) is -4.44. The second kappa shape index (κ2) is 16.2. The molecule has 4 heterocycles. The van der Waals surface area contributed by atoms with Crippen molar-refractivity contribution in [3.05, 3.63) is 0 Å². The van der Waals surface area contributed by atoms with Gasteiger partial charge in [0.25, 0.3) is 0 Å². The third-order valence-electron chi connectivity index (χ3n) is 8.14. The minimum absolute atomic E-state index is 0.669. The summed E-state index contributed by atoms with van der Waals surface area (Å²) >= 11 is 0. The predicted molar refractivity (Wildman–Crippen MR) is 137 cm³/mol. The van der Waals surface area contributed by atoms with Gasteiger partial charge in [-0.1, -0.05) is 0 Å². The fourth-order valence-electron chi connectivity index (χ4n) is 5.26. The fraction of sp³-hybridized carbons (Fsp3) is 1.00. The molecule has 4 fully saturated rings. The Morgan fingerprint density at radius 3 is 0.935 bits per heavy atom. The van der Waals surface area contributed by atoms with E-state index in [1.807, 2.05) is 0 Å². The molecule has 22 nitrogen and oxygen atoms in total. The molecule has 0 aliphatic carbocycles. The average molecular weight is 685 g/mol. The second-order valence-corrected chi connectivity index (χ2v) is 11.1. The zero-order valence-corrected chi connectivity index (χ0v) is 24.1. The van der Waals surface area contributed by atoms with Gasteiger partial charge >= 0.3 is 0 Å². The zero-order chi connectivity index (χ0) is 34.7. The lowest BCUT2D eigenvalue weighted by molar-refractivity contribution is -0.383. The van der Waals surface area contributed by atoms with Crippen molar-refractivity contribution in [2.75, 3.05) is 39.6 Å². The molecule has 9 unspecified atom stereocenters. The number of aliphatic hydroxyl groups excluding tert-OH is 16. The molecular weight excluding hydrogens is 640 g/mol. The maximum absolute atomic E-state index is 10.00. The second-order valence-electron chi connectivity index (χ2n) is 11.1. The van der Waals surface area contributed by atoms with Crippen molar-refractivity contribution in [1.29, 1.82) is 0 Å². The summed E-state index contributed by atoms with van der Waals surface area (Å²) in [6.45, 7) is -4.64. The van der Waals surface area contributed by atoms with E-state index in [-0.39, 0.29) is 0 Å². The van der Waals surface area contributed by atoms with Gasteiger partial charge in [-0.15, -0.1) is 0 Å². The molecule has 272 valence electrons. The van der Waals surface area contributed by atoms with Crippen molar-refractivity contribution in [3.8, 4) is 0 Å². The Kier molecular flexibility index (Phi) is 13.9. The smallest absolute Gasteiger partial charge is 0.224 e. The van der Waals surface area contributed by atoms with E-state index in [0.717, 1.165) is 0 Å². The quantitative estimate of drug-likeness (QED) is 0.101. The van der Waals surface area contributed by atoms with Crippen LogP contribution < -0.4 is 0 Å². The Balaban J connectivity index is 0.000000250. The van der Waals surface area contributed by atoms with Crippen LogP contribution in [-0.4, -0.2) is 231 Å². The molecule has 4 aliphatic heterocycles. The molecule has 4 aliphatic rings. The van der Waals surface area contributed by atoms with Crippen LogP contribution in [0.25, 0.3) is 0 Å². The number of aliphatic hydroxyl groups is 16. The predicted octanol–water partition coefficient (Wildman–Crippen LogP) is -10.8. The molecule has 0 spiro atoms. The fourth-order valence-corrected chi connectivity index (χ4v) is 5.26. The van der Waals surface area contributed by atoms with E-state index in [1.54, 1.807) is 0 Å². The Morgan fingerprint density at radius 2 is 0.696 bits per heavy atom. The van der Waals surface area contributed by atoms with E-state index in [0.29, 0.717) is 0 Å². The lowest BCUT2D eigenvalue weighted by Gasteiger charge is -2.43. The first-order valence-electron chi connectivity index (χ1n) is 14.1. The molecule has 46 heavy (non-hydrogen) atoms. The van der Waals surface area contributed by atoms with Crippen LogP contribution >= 0.6 is 0 Å². The van der Waals surface area contributed by atoms with Crippen LogP contribution in [0.2, 0.25) is 0 Å². The van der Waals surface area contributed by atoms with E-state index in [2.05, 4.69) is 0 Å². The van der Waals surface area contributed by atoms with E-state index >= 15 is 0 Å². The molecule has 0 radical (unpaired) electrons. The highest BCUT2D eigenvalue weighted by Crippen LogP contribution is 2.37. The summed E-state index contributed by atoms with van der Waals surface area (Å²) in [6, 6.07) is 0. The lowest BCUT2D eigenvalue weighted by Crippen LogP contribution is -2.62. The van der Waals surface area contributed by atoms with Crippen LogP contribution in [0.4, 0.5) is 0 Å². The molecule has 0 saturated carbocycles. The van der Waals surface area contributed by atoms with Gasteiger partial charge in [-0.05, 0) is 0 Å². The maximum Gasteiger partial charge on any atom is 0.224 e. The largest absolute Gasteiger partial charge is 0.394 e. The molecule has 0 aromatic carbocycles. The molecular formula is C24H44O22.